The van der Waals surface area contributed by atoms with Gasteiger partial charge in [-0.2, -0.15) is 0 Å². The van der Waals surface area contributed by atoms with Crippen molar-refractivity contribution in [1.82, 2.24) is 10.2 Å². The van der Waals surface area contributed by atoms with E-state index in [1.807, 2.05) is 6.92 Å². The minimum absolute atomic E-state index is 0.0151. The van der Waals surface area contributed by atoms with Gasteiger partial charge in [0.15, 0.2) is 0 Å². The van der Waals surface area contributed by atoms with Crippen LogP contribution in [0, 0.1) is 0 Å². The van der Waals surface area contributed by atoms with Crippen molar-refractivity contribution in [2.24, 2.45) is 0 Å². The van der Waals surface area contributed by atoms with E-state index in [0.717, 1.165) is 6.42 Å². The summed E-state index contributed by atoms with van der Waals surface area (Å²) < 4.78 is 15.7. The lowest BCUT2D eigenvalue weighted by molar-refractivity contribution is -0.142. The molecule has 1 aromatic heterocycles. The van der Waals surface area contributed by atoms with Crippen molar-refractivity contribution in [1.29, 1.82) is 0 Å². The number of hydrogen-bond acceptors (Lipinski definition) is 6. The van der Waals surface area contributed by atoms with Gasteiger partial charge in [-0.1, -0.05) is 0 Å². The normalized spacial score (nSPS) is 24.1. The van der Waals surface area contributed by atoms with Crippen molar-refractivity contribution in [3.8, 4) is 0 Å². The van der Waals surface area contributed by atoms with Crippen LogP contribution in [0.5, 0.6) is 0 Å². The summed E-state index contributed by atoms with van der Waals surface area (Å²) in [5, 5.41) is 16.1. The SMILES string of the molecule is CC1OCCC1c1nnc(COCC(=O)O)o1. The van der Waals surface area contributed by atoms with E-state index in [4.69, 9.17) is 19.0 Å². The fraction of sp³-hybridized carbons (Fsp3) is 0.700. The Kier molecular flexibility index (Phi) is 3.70. The first-order chi connectivity index (χ1) is 8.16. The van der Waals surface area contributed by atoms with Gasteiger partial charge in [0.25, 0.3) is 0 Å². The molecule has 2 atom stereocenters. The Morgan fingerprint density at radius 1 is 1.59 bits per heavy atom. The topological polar surface area (TPSA) is 94.7 Å². The van der Waals surface area contributed by atoms with E-state index >= 15 is 0 Å². The molecule has 7 heteroatoms. The van der Waals surface area contributed by atoms with E-state index in [9.17, 15) is 4.79 Å². The summed E-state index contributed by atoms with van der Waals surface area (Å²) >= 11 is 0. The predicted molar refractivity (Wildman–Crippen MR) is 54.4 cm³/mol. The lowest BCUT2D eigenvalue weighted by Crippen LogP contribution is -2.09. The number of carbonyl (C=O) groups is 1. The molecule has 0 aliphatic carbocycles. The molecule has 1 aliphatic heterocycles. The van der Waals surface area contributed by atoms with Crippen LogP contribution >= 0.6 is 0 Å². The highest BCUT2D eigenvalue weighted by atomic mass is 16.5. The number of nitrogens with zero attached hydrogens (tertiary/aromatic N) is 2. The van der Waals surface area contributed by atoms with Gasteiger partial charge in [-0.25, -0.2) is 4.79 Å². The third kappa shape index (κ3) is 3.01. The number of ether oxygens (including phenoxy) is 2. The summed E-state index contributed by atoms with van der Waals surface area (Å²) in [7, 11) is 0. The van der Waals surface area contributed by atoms with Crippen LogP contribution in [0.25, 0.3) is 0 Å². The van der Waals surface area contributed by atoms with Gasteiger partial charge in [-0.3, -0.25) is 0 Å². The first-order valence-corrected chi connectivity index (χ1v) is 5.40. The number of aliphatic carboxylic acids is 1. The zero-order valence-corrected chi connectivity index (χ0v) is 9.46. The highest BCUT2D eigenvalue weighted by molar-refractivity contribution is 5.67. The zero-order chi connectivity index (χ0) is 12.3. The van der Waals surface area contributed by atoms with Gasteiger partial charge in [-0.05, 0) is 13.3 Å². The molecule has 94 valence electrons. The molecule has 1 aliphatic rings. The number of aromatic nitrogens is 2. The molecule has 0 amide bonds. The lowest BCUT2D eigenvalue weighted by Gasteiger charge is -2.08. The quantitative estimate of drug-likeness (QED) is 0.806. The Balaban J connectivity index is 1.89. The fourth-order valence-electron chi connectivity index (χ4n) is 1.76. The molecule has 2 unspecified atom stereocenters. The smallest absolute Gasteiger partial charge is 0.329 e. The van der Waals surface area contributed by atoms with Gasteiger partial charge in [0.2, 0.25) is 11.8 Å². The van der Waals surface area contributed by atoms with Crippen molar-refractivity contribution in [3.05, 3.63) is 11.8 Å². The van der Waals surface area contributed by atoms with Crippen LogP contribution in [0.15, 0.2) is 4.42 Å². The molecule has 0 saturated carbocycles. The first kappa shape index (κ1) is 12.0. The van der Waals surface area contributed by atoms with Crippen LogP contribution in [0.3, 0.4) is 0 Å². The summed E-state index contributed by atoms with van der Waals surface area (Å²) in [6, 6.07) is 0. The standard InChI is InChI=1S/C10H14N2O5/c1-6-7(2-3-16-6)10-12-11-8(17-10)4-15-5-9(13)14/h6-7H,2-5H2,1H3,(H,13,14). The molecule has 1 saturated heterocycles. The Labute approximate surface area is 97.7 Å². The average molecular weight is 242 g/mol. The number of carboxylic acids is 1. The summed E-state index contributed by atoms with van der Waals surface area (Å²) in [6.07, 6.45) is 0.932. The third-order valence-corrected chi connectivity index (χ3v) is 2.63. The summed E-state index contributed by atoms with van der Waals surface area (Å²) in [6.45, 7) is 2.30. The molecule has 0 aromatic carbocycles. The van der Waals surface area contributed by atoms with Gasteiger partial charge < -0.3 is 19.0 Å². The first-order valence-electron chi connectivity index (χ1n) is 5.40. The largest absolute Gasteiger partial charge is 0.480 e. The number of hydrogen-bond donors (Lipinski definition) is 1. The molecule has 1 fully saturated rings. The summed E-state index contributed by atoms with van der Waals surface area (Å²) in [5.41, 5.74) is 0. The van der Waals surface area contributed by atoms with Crippen LogP contribution in [0.2, 0.25) is 0 Å². The summed E-state index contributed by atoms with van der Waals surface area (Å²) in [4.78, 5) is 10.2. The monoisotopic (exact) mass is 242 g/mol. The van der Waals surface area contributed by atoms with Gasteiger partial charge in [0, 0.05) is 6.61 Å². The van der Waals surface area contributed by atoms with Gasteiger partial charge in [0.1, 0.15) is 13.2 Å². The molecule has 0 radical (unpaired) electrons. The second-order valence-electron chi connectivity index (χ2n) is 3.89. The maximum atomic E-state index is 10.2. The maximum Gasteiger partial charge on any atom is 0.329 e. The molecular weight excluding hydrogens is 228 g/mol. The molecule has 17 heavy (non-hydrogen) atoms. The number of rotatable bonds is 5. The van der Waals surface area contributed by atoms with Crippen LogP contribution in [-0.2, 0) is 20.9 Å². The van der Waals surface area contributed by atoms with E-state index in [1.54, 1.807) is 0 Å². The van der Waals surface area contributed by atoms with Crippen LogP contribution < -0.4 is 0 Å². The molecule has 7 nitrogen and oxygen atoms in total. The molecule has 0 bridgehead atoms. The highest BCUT2D eigenvalue weighted by Gasteiger charge is 2.30. The molecule has 0 spiro atoms. The van der Waals surface area contributed by atoms with E-state index < -0.39 is 5.97 Å². The minimum atomic E-state index is -1.03. The molecule has 1 N–H and O–H groups in total. The lowest BCUT2D eigenvalue weighted by atomic mass is 10.0. The molecule has 2 rings (SSSR count). The second-order valence-corrected chi connectivity index (χ2v) is 3.89. The summed E-state index contributed by atoms with van der Waals surface area (Å²) in [5.74, 6) is -0.0810. The van der Waals surface area contributed by atoms with E-state index in [2.05, 4.69) is 10.2 Å². The molecule has 1 aromatic rings. The van der Waals surface area contributed by atoms with Gasteiger partial charge in [-0.15, -0.1) is 10.2 Å². The van der Waals surface area contributed by atoms with E-state index in [0.29, 0.717) is 18.4 Å². The number of carboxylic acid groups (broad SMARTS) is 1. The second kappa shape index (κ2) is 5.24. The van der Waals surface area contributed by atoms with E-state index in [-0.39, 0.29) is 25.2 Å². The van der Waals surface area contributed by atoms with E-state index in [1.165, 1.54) is 0 Å². The van der Waals surface area contributed by atoms with Crippen LogP contribution in [-0.4, -0.2) is 40.6 Å². The van der Waals surface area contributed by atoms with Crippen molar-refractivity contribution < 1.29 is 23.8 Å². The Hall–Kier alpha value is -1.47. The third-order valence-electron chi connectivity index (χ3n) is 2.63. The van der Waals surface area contributed by atoms with Crippen molar-refractivity contribution in [3.63, 3.8) is 0 Å². The van der Waals surface area contributed by atoms with Crippen molar-refractivity contribution in [2.45, 2.75) is 32.0 Å². The average Bonchev–Trinajstić information content (AvgIpc) is 2.86. The van der Waals surface area contributed by atoms with Gasteiger partial charge in [0.05, 0.1) is 12.0 Å². The Bertz CT molecular complexity index is 392. The fourth-order valence-corrected chi connectivity index (χ4v) is 1.76. The Morgan fingerprint density at radius 2 is 2.41 bits per heavy atom. The van der Waals surface area contributed by atoms with Crippen molar-refractivity contribution in [2.75, 3.05) is 13.2 Å². The van der Waals surface area contributed by atoms with Crippen LogP contribution in [0.4, 0.5) is 0 Å². The Morgan fingerprint density at radius 3 is 3.06 bits per heavy atom. The van der Waals surface area contributed by atoms with Crippen molar-refractivity contribution >= 4 is 5.97 Å². The molecular formula is C10H14N2O5. The minimum Gasteiger partial charge on any atom is -0.480 e. The highest BCUT2D eigenvalue weighted by Crippen LogP contribution is 2.29. The zero-order valence-electron chi connectivity index (χ0n) is 9.46. The maximum absolute atomic E-state index is 10.2. The molecule has 2 heterocycles. The van der Waals surface area contributed by atoms with Gasteiger partial charge >= 0.3 is 5.97 Å². The van der Waals surface area contributed by atoms with Crippen LogP contribution in [0.1, 0.15) is 31.0 Å². The predicted octanol–water partition coefficient (Wildman–Crippen LogP) is 0.563.